The SMILES string of the molecule is COc1ccc(CO[C@@H](CC=O)C[C@@H](C)CO[Si](c2ccccc2)(c2ccccc2)C(C)(C)C)cc1. The largest absolute Gasteiger partial charge is 0.497 e. The van der Waals surface area contributed by atoms with Crippen LogP contribution in [0.4, 0.5) is 0 Å². The van der Waals surface area contributed by atoms with Crippen LogP contribution in [0.3, 0.4) is 0 Å². The highest BCUT2D eigenvalue weighted by atomic mass is 28.4. The molecule has 0 saturated heterocycles. The minimum atomic E-state index is -2.58. The highest BCUT2D eigenvalue weighted by molar-refractivity contribution is 6.99. The summed E-state index contributed by atoms with van der Waals surface area (Å²) in [7, 11) is -0.929. The van der Waals surface area contributed by atoms with Gasteiger partial charge in [0.2, 0.25) is 0 Å². The Kier molecular flexibility index (Phi) is 10.1. The molecule has 36 heavy (non-hydrogen) atoms. The van der Waals surface area contributed by atoms with Crippen molar-refractivity contribution in [2.24, 2.45) is 5.92 Å². The summed E-state index contributed by atoms with van der Waals surface area (Å²) < 4.78 is 18.5. The topological polar surface area (TPSA) is 44.8 Å². The van der Waals surface area contributed by atoms with E-state index in [4.69, 9.17) is 13.9 Å². The van der Waals surface area contributed by atoms with Gasteiger partial charge in [0.1, 0.15) is 12.0 Å². The maximum absolute atomic E-state index is 11.4. The van der Waals surface area contributed by atoms with Crippen molar-refractivity contribution in [3.63, 3.8) is 0 Å². The van der Waals surface area contributed by atoms with E-state index in [0.717, 1.165) is 24.0 Å². The van der Waals surface area contributed by atoms with Gasteiger partial charge in [-0.1, -0.05) is 100 Å². The quantitative estimate of drug-likeness (QED) is 0.219. The first-order valence-corrected chi connectivity index (χ1v) is 14.6. The molecule has 3 aromatic carbocycles. The number of carbonyl (C=O) groups is 1. The Morgan fingerprint density at radius 2 is 1.42 bits per heavy atom. The summed E-state index contributed by atoms with van der Waals surface area (Å²) in [6.45, 7) is 10.1. The van der Waals surface area contributed by atoms with E-state index in [-0.39, 0.29) is 17.1 Å². The van der Waals surface area contributed by atoms with Gasteiger partial charge in [-0.15, -0.1) is 0 Å². The second-order valence-electron chi connectivity index (χ2n) is 10.5. The lowest BCUT2D eigenvalue weighted by molar-refractivity contribution is -0.111. The molecule has 2 atom stereocenters. The zero-order valence-corrected chi connectivity index (χ0v) is 23.3. The van der Waals surface area contributed by atoms with Crippen molar-refractivity contribution in [2.75, 3.05) is 13.7 Å². The summed E-state index contributed by atoms with van der Waals surface area (Å²) in [5.74, 6) is 1.05. The van der Waals surface area contributed by atoms with E-state index in [1.54, 1.807) is 7.11 Å². The number of hydrogen-bond acceptors (Lipinski definition) is 4. The number of aldehydes is 1. The Bertz CT molecular complexity index is 1010. The molecule has 192 valence electrons. The molecule has 0 amide bonds. The van der Waals surface area contributed by atoms with E-state index in [0.29, 0.717) is 19.6 Å². The van der Waals surface area contributed by atoms with Gasteiger partial charge in [-0.05, 0) is 45.4 Å². The molecule has 3 aromatic rings. The van der Waals surface area contributed by atoms with E-state index in [2.05, 4.69) is 88.4 Å². The molecule has 0 aliphatic rings. The van der Waals surface area contributed by atoms with Crippen LogP contribution >= 0.6 is 0 Å². The van der Waals surface area contributed by atoms with Crippen LogP contribution in [0.2, 0.25) is 5.04 Å². The summed E-state index contributed by atoms with van der Waals surface area (Å²) in [4.78, 5) is 11.4. The average Bonchev–Trinajstić information content (AvgIpc) is 2.88. The van der Waals surface area contributed by atoms with Crippen molar-refractivity contribution in [3.8, 4) is 5.75 Å². The van der Waals surface area contributed by atoms with Crippen molar-refractivity contribution in [3.05, 3.63) is 90.5 Å². The monoisotopic (exact) mass is 504 g/mol. The van der Waals surface area contributed by atoms with E-state index in [1.807, 2.05) is 24.3 Å². The molecular weight excluding hydrogens is 464 g/mol. The first-order valence-electron chi connectivity index (χ1n) is 12.7. The fraction of sp³-hybridized carbons (Fsp3) is 0.387. The van der Waals surface area contributed by atoms with Crippen LogP contribution < -0.4 is 15.1 Å². The number of ether oxygens (including phenoxy) is 2. The van der Waals surface area contributed by atoms with Gasteiger partial charge in [0, 0.05) is 13.0 Å². The lowest BCUT2D eigenvalue weighted by Crippen LogP contribution is -2.66. The molecule has 0 heterocycles. The van der Waals surface area contributed by atoms with Gasteiger partial charge in [0.05, 0.1) is 19.8 Å². The van der Waals surface area contributed by atoms with Gasteiger partial charge in [0.25, 0.3) is 8.32 Å². The van der Waals surface area contributed by atoms with Crippen LogP contribution in [0.1, 0.15) is 46.1 Å². The van der Waals surface area contributed by atoms with Gasteiger partial charge in [-0.2, -0.15) is 0 Å². The van der Waals surface area contributed by atoms with Crippen molar-refractivity contribution >= 4 is 25.0 Å². The molecule has 0 unspecified atom stereocenters. The minimum absolute atomic E-state index is 0.0670. The molecule has 0 fully saturated rings. The normalized spacial score (nSPS) is 13.7. The Hall–Kier alpha value is -2.73. The predicted molar refractivity (Wildman–Crippen MR) is 150 cm³/mol. The van der Waals surface area contributed by atoms with Crippen LogP contribution in [-0.4, -0.2) is 34.4 Å². The zero-order valence-electron chi connectivity index (χ0n) is 22.3. The average molecular weight is 505 g/mol. The fourth-order valence-electron chi connectivity index (χ4n) is 4.82. The first kappa shape index (κ1) is 27.8. The number of carbonyl (C=O) groups excluding carboxylic acids is 1. The third-order valence-electron chi connectivity index (χ3n) is 6.67. The summed E-state index contributed by atoms with van der Waals surface area (Å²) in [5, 5.41) is 2.48. The van der Waals surface area contributed by atoms with Gasteiger partial charge in [-0.3, -0.25) is 0 Å². The molecule has 5 heteroatoms. The van der Waals surface area contributed by atoms with Crippen LogP contribution in [0.15, 0.2) is 84.9 Å². The number of benzene rings is 3. The Labute approximate surface area is 217 Å². The molecule has 0 aromatic heterocycles. The Morgan fingerprint density at radius 3 is 1.89 bits per heavy atom. The third-order valence-corrected chi connectivity index (χ3v) is 11.7. The Morgan fingerprint density at radius 1 is 0.861 bits per heavy atom. The molecule has 0 saturated carbocycles. The lowest BCUT2D eigenvalue weighted by atomic mass is 10.0. The molecule has 3 rings (SSSR count). The summed E-state index contributed by atoms with van der Waals surface area (Å²) in [6, 6.07) is 29.2. The molecule has 0 spiro atoms. The summed E-state index contributed by atoms with van der Waals surface area (Å²) in [6.07, 6.45) is 1.93. The van der Waals surface area contributed by atoms with Crippen molar-refractivity contribution in [2.45, 2.75) is 58.3 Å². The first-order chi connectivity index (χ1) is 17.3. The maximum atomic E-state index is 11.4. The highest BCUT2D eigenvalue weighted by Crippen LogP contribution is 2.37. The zero-order chi connectivity index (χ0) is 26.0. The number of hydrogen-bond donors (Lipinski definition) is 0. The van der Waals surface area contributed by atoms with Gasteiger partial charge in [-0.25, -0.2) is 0 Å². The van der Waals surface area contributed by atoms with E-state index in [1.165, 1.54) is 10.4 Å². The molecule has 0 N–H and O–H groups in total. The van der Waals surface area contributed by atoms with Gasteiger partial charge in [0.15, 0.2) is 0 Å². The second kappa shape index (κ2) is 13.0. The fourth-order valence-corrected chi connectivity index (χ4v) is 9.51. The predicted octanol–water partition coefficient (Wildman–Crippen LogP) is 5.77. The van der Waals surface area contributed by atoms with Crippen LogP contribution in [0, 0.1) is 5.92 Å². The molecule has 0 aliphatic carbocycles. The molecule has 4 nitrogen and oxygen atoms in total. The minimum Gasteiger partial charge on any atom is -0.497 e. The standard InChI is InChI=1S/C31H40O4Si/c1-25(22-28(20-21-32)34-24-26-16-18-27(33-5)19-17-26)23-35-36(31(2,3)4,29-12-8-6-9-13-29)30-14-10-7-11-15-30/h6-19,21,25,28H,20,22-24H2,1-5H3/t25-,28+/m1/s1. The molecular formula is C31H40O4Si. The maximum Gasteiger partial charge on any atom is 0.261 e. The Balaban J connectivity index is 1.75. The van der Waals surface area contributed by atoms with Crippen LogP contribution in [0.25, 0.3) is 0 Å². The van der Waals surface area contributed by atoms with E-state index < -0.39 is 8.32 Å². The van der Waals surface area contributed by atoms with Crippen LogP contribution in [0.5, 0.6) is 5.75 Å². The van der Waals surface area contributed by atoms with E-state index in [9.17, 15) is 4.79 Å². The summed E-state index contributed by atoms with van der Waals surface area (Å²) >= 11 is 0. The number of rotatable bonds is 13. The third kappa shape index (κ3) is 6.93. The second-order valence-corrected chi connectivity index (χ2v) is 14.8. The highest BCUT2D eigenvalue weighted by Gasteiger charge is 2.50. The molecule has 0 aliphatic heterocycles. The molecule has 0 radical (unpaired) electrons. The van der Waals surface area contributed by atoms with Gasteiger partial charge < -0.3 is 18.7 Å². The van der Waals surface area contributed by atoms with Crippen LogP contribution in [-0.2, 0) is 20.6 Å². The van der Waals surface area contributed by atoms with Crippen molar-refractivity contribution < 1.29 is 18.7 Å². The summed E-state index contributed by atoms with van der Waals surface area (Å²) in [5.41, 5.74) is 1.06. The number of methoxy groups -OCH3 is 1. The van der Waals surface area contributed by atoms with Crippen molar-refractivity contribution in [1.29, 1.82) is 0 Å². The lowest BCUT2D eigenvalue weighted by Gasteiger charge is -2.43. The van der Waals surface area contributed by atoms with Crippen molar-refractivity contribution in [1.82, 2.24) is 0 Å². The van der Waals surface area contributed by atoms with E-state index >= 15 is 0 Å². The smallest absolute Gasteiger partial charge is 0.261 e. The van der Waals surface area contributed by atoms with Gasteiger partial charge >= 0.3 is 0 Å². The molecule has 0 bridgehead atoms.